The number of amides is 2. The predicted octanol–water partition coefficient (Wildman–Crippen LogP) is 5.04. The summed E-state index contributed by atoms with van der Waals surface area (Å²) in [5.41, 5.74) is 4.87. The van der Waals surface area contributed by atoms with E-state index >= 15 is 0 Å². The highest BCUT2D eigenvalue weighted by atomic mass is 16.5. The summed E-state index contributed by atoms with van der Waals surface area (Å²) in [6, 6.07) is 14.2. The standard InChI is InChI=1S/C32H37N3O6/c1-18(2)20-7-10-22(11-8-20)35-29(38)17-33-26-14-12-23-24(16-27(26)37)25(34-19(3)36)13-9-21-15-28(39-4)31(40-5)32(41-6)30(21)23/h7-8,10-12,14-16,18,25H,9,13,17H2,1-6H3,(H,33,37)(H,34,36)(H,35,38)/t25-/m1/s1. The average Bonchev–Trinajstić information content (AvgIpc) is 3.19. The molecule has 3 aromatic rings. The van der Waals surface area contributed by atoms with Crippen LogP contribution in [0.5, 0.6) is 17.2 Å². The van der Waals surface area contributed by atoms with Crippen LogP contribution in [-0.4, -0.2) is 39.7 Å². The molecule has 2 amide bonds. The second-order valence-corrected chi connectivity index (χ2v) is 10.3. The molecule has 0 unspecified atom stereocenters. The smallest absolute Gasteiger partial charge is 0.243 e. The molecule has 9 heteroatoms. The van der Waals surface area contributed by atoms with Crippen molar-refractivity contribution in [2.75, 3.05) is 38.5 Å². The lowest BCUT2D eigenvalue weighted by molar-refractivity contribution is -0.119. The lowest BCUT2D eigenvalue weighted by Gasteiger charge is -2.19. The molecule has 1 atom stereocenters. The van der Waals surface area contributed by atoms with Gasteiger partial charge in [0, 0.05) is 18.2 Å². The Labute approximate surface area is 240 Å². The minimum atomic E-state index is -0.415. The molecule has 1 aliphatic rings. The monoisotopic (exact) mass is 559 g/mol. The molecule has 3 aromatic carbocycles. The summed E-state index contributed by atoms with van der Waals surface area (Å²) in [5, 5.41) is 8.83. The van der Waals surface area contributed by atoms with Crippen LogP contribution in [-0.2, 0) is 16.0 Å². The average molecular weight is 560 g/mol. The van der Waals surface area contributed by atoms with Gasteiger partial charge in [-0.25, -0.2) is 0 Å². The number of benzene rings is 2. The number of carbonyl (C=O) groups excluding carboxylic acids is 2. The summed E-state index contributed by atoms with van der Waals surface area (Å²) in [6.07, 6.45) is 1.16. The summed E-state index contributed by atoms with van der Waals surface area (Å²) in [7, 11) is 4.65. The van der Waals surface area contributed by atoms with Gasteiger partial charge in [0.15, 0.2) is 11.5 Å². The third-order valence-electron chi connectivity index (χ3n) is 7.22. The van der Waals surface area contributed by atoms with Gasteiger partial charge >= 0.3 is 0 Å². The normalized spacial score (nSPS) is 13.8. The molecule has 41 heavy (non-hydrogen) atoms. The Balaban J connectivity index is 1.71. The lowest BCUT2D eigenvalue weighted by Crippen LogP contribution is -2.27. The first kappa shape index (κ1) is 29.5. The maximum atomic E-state index is 13.4. The van der Waals surface area contributed by atoms with Crippen LogP contribution in [0.1, 0.15) is 55.8 Å². The van der Waals surface area contributed by atoms with E-state index in [1.807, 2.05) is 36.4 Å². The molecule has 1 aliphatic carbocycles. The van der Waals surface area contributed by atoms with Crippen LogP contribution >= 0.6 is 0 Å². The summed E-state index contributed by atoms with van der Waals surface area (Å²) in [4.78, 5) is 38.2. The first-order valence-corrected chi connectivity index (χ1v) is 13.6. The molecule has 4 rings (SSSR count). The second kappa shape index (κ2) is 12.8. The van der Waals surface area contributed by atoms with Crippen LogP contribution in [0.2, 0.25) is 0 Å². The van der Waals surface area contributed by atoms with E-state index in [1.54, 1.807) is 20.3 Å². The van der Waals surface area contributed by atoms with Crippen LogP contribution in [0.25, 0.3) is 11.1 Å². The highest BCUT2D eigenvalue weighted by Crippen LogP contribution is 2.50. The van der Waals surface area contributed by atoms with Crippen LogP contribution in [0, 0.1) is 0 Å². The molecule has 0 aliphatic heterocycles. The number of nitrogens with one attached hydrogen (secondary N) is 3. The SMILES string of the molecule is COc1cc2c(c(OC)c1OC)-c1ccc(NCC(=O)Nc3ccc(C(C)C)cc3)c(=O)cc1[C@H](NC(C)=O)CC2. The fourth-order valence-electron chi connectivity index (χ4n) is 5.19. The topological polar surface area (TPSA) is 115 Å². The maximum Gasteiger partial charge on any atom is 0.243 e. The largest absolute Gasteiger partial charge is 0.493 e. The van der Waals surface area contributed by atoms with E-state index in [1.165, 1.54) is 25.7 Å². The molecular formula is C32H37N3O6. The Kier molecular flexibility index (Phi) is 9.17. The van der Waals surface area contributed by atoms with E-state index < -0.39 is 6.04 Å². The summed E-state index contributed by atoms with van der Waals surface area (Å²) in [6.45, 7) is 5.57. The number of hydrogen-bond donors (Lipinski definition) is 3. The van der Waals surface area contributed by atoms with E-state index in [0.717, 1.165) is 11.1 Å². The van der Waals surface area contributed by atoms with Crippen molar-refractivity contribution in [1.29, 1.82) is 0 Å². The third-order valence-corrected chi connectivity index (χ3v) is 7.22. The molecule has 0 saturated carbocycles. The number of carbonyl (C=O) groups is 2. The number of aryl methyl sites for hydroxylation is 1. The predicted molar refractivity (Wildman–Crippen MR) is 160 cm³/mol. The van der Waals surface area contributed by atoms with Gasteiger partial charge in [-0.05, 0) is 71.3 Å². The Morgan fingerprint density at radius 1 is 0.951 bits per heavy atom. The van der Waals surface area contributed by atoms with Crippen LogP contribution < -0.4 is 35.6 Å². The second-order valence-electron chi connectivity index (χ2n) is 10.3. The minimum absolute atomic E-state index is 0.101. The molecule has 0 fully saturated rings. The maximum absolute atomic E-state index is 13.4. The van der Waals surface area contributed by atoms with Crippen molar-refractivity contribution in [2.24, 2.45) is 0 Å². The first-order valence-electron chi connectivity index (χ1n) is 13.6. The van der Waals surface area contributed by atoms with E-state index in [2.05, 4.69) is 29.8 Å². The Hall–Kier alpha value is -4.53. The molecule has 0 aromatic heterocycles. The molecule has 0 spiro atoms. The van der Waals surface area contributed by atoms with Crippen molar-refractivity contribution < 1.29 is 23.8 Å². The molecule has 216 valence electrons. The number of fused-ring (bicyclic) bond motifs is 3. The fourth-order valence-corrected chi connectivity index (χ4v) is 5.19. The van der Waals surface area contributed by atoms with Crippen molar-refractivity contribution in [3.05, 3.63) is 75.4 Å². The van der Waals surface area contributed by atoms with Gasteiger partial charge in [0.2, 0.25) is 23.0 Å². The Morgan fingerprint density at radius 3 is 2.27 bits per heavy atom. The van der Waals surface area contributed by atoms with E-state index in [9.17, 15) is 14.4 Å². The number of ether oxygens (including phenoxy) is 3. The zero-order chi connectivity index (χ0) is 29.7. The highest BCUT2D eigenvalue weighted by molar-refractivity contribution is 5.93. The summed E-state index contributed by atoms with van der Waals surface area (Å²) in [5.74, 6) is 1.34. The van der Waals surface area contributed by atoms with Crippen LogP contribution in [0.15, 0.2) is 53.3 Å². The van der Waals surface area contributed by atoms with Gasteiger partial charge in [-0.1, -0.05) is 32.0 Å². The van der Waals surface area contributed by atoms with E-state index in [4.69, 9.17) is 14.2 Å². The van der Waals surface area contributed by atoms with Crippen molar-refractivity contribution in [1.82, 2.24) is 5.32 Å². The Bertz CT molecular complexity index is 1500. The molecule has 0 saturated heterocycles. The first-order chi connectivity index (χ1) is 19.7. The number of anilines is 2. The van der Waals surface area contributed by atoms with Crippen molar-refractivity contribution >= 4 is 23.2 Å². The molecule has 0 bridgehead atoms. The molecular weight excluding hydrogens is 522 g/mol. The van der Waals surface area contributed by atoms with E-state index in [-0.39, 0.29) is 29.5 Å². The molecule has 9 nitrogen and oxygen atoms in total. The molecule has 3 N–H and O–H groups in total. The van der Waals surface area contributed by atoms with Gasteiger partial charge in [-0.3, -0.25) is 14.4 Å². The van der Waals surface area contributed by atoms with Crippen LogP contribution in [0.3, 0.4) is 0 Å². The number of hydrogen-bond acceptors (Lipinski definition) is 7. The summed E-state index contributed by atoms with van der Waals surface area (Å²) < 4.78 is 17.0. The van der Waals surface area contributed by atoms with Gasteiger partial charge in [0.1, 0.15) is 0 Å². The number of rotatable bonds is 9. The highest BCUT2D eigenvalue weighted by Gasteiger charge is 2.29. The van der Waals surface area contributed by atoms with Crippen molar-refractivity contribution in [3.63, 3.8) is 0 Å². The van der Waals surface area contributed by atoms with Crippen molar-refractivity contribution in [3.8, 4) is 28.4 Å². The van der Waals surface area contributed by atoms with Crippen molar-refractivity contribution in [2.45, 2.75) is 45.6 Å². The molecule has 0 heterocycles. The zero-order valence-corrected chi connectivity index (χ0v) is 24.3. The van der Waals surface area contributed by atoms with E-state index in [0.29, 0.717) is 52.8 Å². The lowest BCUT2D eigenvalue weighted by atomic mass is 9.95. The fraction of sp³-hybridized carbons (Fsp3) is 0.344. The van der Waals surface area contributed by atoms with Gasteiger partial charge < -0.3 is 30.2 Å². The van der Waals surface area contributed by atoms with Gasteiger partial charge in [-0.15, -0.1) is 0 Å². The van der Waals surface area contributed by atoms with Gasteiger partial charge in [-0.2, -0.15) is 0 Å². The molecule has 0 radical (unpaired) electrons. The van der Waals surface area contributed by atoms with Gasteiger partial charge in [0.25, 0.3) is 0 Å². The minimum Gasteiger partial charge on any atom is -0.493 e. The quantitative estimate of drug-likeness (QED) is 0.337. The number of methoxy groups -OCH3 is 3. The third kappa shape index (κ3) is 6.45. The Morgan fingerprint density at radius 2 is 1.66 bits per heavy atom. The van der Waals surface area contributed by atoms with Gasteiger partial charge in [0.05, 0.1) is 39.6 Å². The zero-order valence-electron chi connectivity index (χ0n) is 24.3. The van der Waals surface area contributed by atoms with Crippen LogP contribution in [0.4, 0.5) is 11.4 Å². The summed E-state index contributed by atoms with van der Waals surface area (Å²) >= 11 is 0.